The van der Waals surface area contributed by atoms with Gasteiger partial charge in [-0.2, -0.15) is 0 Å². The van der Waals surface area contributed by atoms with Crippen molar-refractivity contribution in [1.29, 1.82) is 0 Å². The van der Waals surface area contributed by atoms with Gasteiger partial charge >= 0.3 is 0 Å². The number of likely N-dealkylation sites (tertiary alicyclic amines) is 1. The lowest BCUT2D eigenvalue weighted by Gasteiger charge is -2.33. The van der Waals surface area contributed by atoms with Crippen LogP contribution < -0.4 is 5.32 Å². The Morgan fingerprint density at radius 1 is 1.19 bits per heavy atom. The molecule has 2 aromatic rings. The lowest BCUT2D eigenvalue weighted by atomic mass is 10.0. The third-order valence-electron chi connectivity index (χ3n) is 5.03. The van der Waals surface area contributed by atoms with E-state index in [1.807, 2.05) is 12.1 Å². The normalized spacial score (nSPS) is 17.8. The summed E-state index contributed by atoms with van der Waals surface area (Å²) in [4.78, 5) is 18.8. The Balaban J connectivity index is 1.48. The first-order valence-corrected chi connectivity index (χ1v) is 10.1. The Morgan fingerprint density at radius 2 is 1.96 bits per heavy atom. The van der Waals surface area contributed by atoms with Gasteiger partial charge < -0.3 is 5.32 Å². The zero-order valence-corrected chi connectivity index (χ0v) is 16.5. The molecule has 1 aromatic carbocycles. The molecule has 1 N–H and O–H groups in total. The smallest absolute Gasteiger partial charge is 0.224 e. The van der Waals surface area contributed by atoms with Gasteiger partial charge in [-0.25, -0.2) is 0 Å². The molecule has 1 amide bonds. The number of pyridine rings is 1. The highest BCUT2D eigenvalue weighted by molar-refractivity contribution is 5.78. The van der Waals surface area contributed by atoms with Crippen LogP contribution in [-0.2, 0) is 24.2 Å². The van der Waals surface area contributed by atoms with Crippen molar-refractivity contribution in [2.24, 2.45) is 5.92 Å². The third kappa shape index (κ3) is 6.47. The highest BCUT2D eigenvalue weighted by atomic mass is 16.1. The predicted molar refractivity (Wildman–Crippen MR) is 109 cm³/mol. The first kappa shape index (κ1) is 19.6. The molecule has 1 aliphatic rings. The Hall–Kier alpha value is -2.20. The molecular formula is C23H31N3O. The van der Waals surface area contributed by atoms with E-state index in [0.717, 1.165) is 44.5 Å². The molecule has 1 unspecified atom stereocenters. The third-order valence-corrected chi connectivity index (χ3v) is 5.03. The highest BCUT2D eigenvalue weighted by Gasteiger charge is 2.21. The number of hydrogen-bond donors (Lipinski definition) is 1. The quantitative estimate of drug-likeness (QED) is 0.815. The van der Waals surface area contributed by atoms with Crippen LogP contribution in [0.1, 0.15) is 43.4 Å². The molecule has 1 fully saturated rings. The van der Waals surface area contributed by atoms with Gasteiger partial charge in [-0.15, -0.1) is 0 Å². The summed E-state index contributed by atoms with van der Waals surface area (Å²) in [7, 11) is 0. The van der Waals surface area contributed by atoms with Gasteiger partial charge in [0.05, 0.1) is 6.42 Å². The number of carbonyl (C=O) groups is 1. The molecule has 4 heteroatoms. The summed E-state index contributed by atoms with van der Waals surface area (Å²) in [6, 6.07) is 13.1. The van der Waals surface area contributed by atoms with Gasteiger partial charge in [-0.3, -0.25) is 14.7 Å². The van der Waals surface area contributed by atoms with E-state index in [-0.39, 0.29) is 11.9 Å². The Kier molecular flexibility index (Phi) is 6.99. The average molecular weight is 366 g/mol. The lowest BCUT2D eigenvalue weighted by molar-refractivity contribution is -0.121. The van der Waals surface area contributed by atoms with Gasteiger partial charge in [0.1, 0.15) is 0 Å². The Bertz CT molecular complexity index is 712. The molecule has 3 rings (SSSR count). The molecule has 0 saturated carbocycles. The number of amides is 1. The molecular weight excluding hydrogens is 334 g/mol. The van der Waals surface area contributed by atoms with Crippen molar-refractivity contribution < 1.29 is 4.79 Å². The molecule has 0 bridgehead atoms. The van der Waals surface area contributed by atoms with Gasteiger partial charge in [0.2, 0.25) is 5.91 Å². The molecule has 144 valence electrons. The number of hydrogen-bond acceptors (Lipinski definition) is 3. The van der Waals surface area contributed by atoms with Crippen molar-refractivity contribution in [2.45, 2.75) is 52.1 Å². The topological polar surface area (TPSA) is 45.2 Å². The predicted octanol–water partition coefficient (Wildman–Crippen LogP) is 3.60. The largest absolute Gasteiger partial charge is 0.352 e. The van der Waals surface area contributed by atoms with Crippen molar-refractivity contribution in [3.63, 3.8) is 0 Å². The maximum Gasteiger partial charge on any atom is 0.224 e. The van der Waals surface area contributed by atoms with Gasteiger partial charge in [0, 0.05) is 31.5 Å². The van der Waals surface area contributed by atoms with Gasteiger partial charge in [-0.05, 0) is 54.5 Å². The van der Waals surface area contributed by atoms with E-state index >= 15 is 0 Å². The maximum atomic E-state index is 12.3. The number of piperidine rings is 1. The highest BCUT2D eigenvalue weighted by Crippen LogP contribution is 2.16. The average Bonchev–Trinajstić information content (AvgIpc) is 2.64. The van der Waals surface area contributed by atoms with Crippen LogP contribution >= 0.6 is 0 Å². The molecule has 2 heterocycles. The standard InChI is InChI=1S/C23H31N3O/c1-18(2)13-19-7-9-20(10-8-19)16-26-12-4-6-22(17-26)25-23(27)14-21-5-3-11-24-15-21/h3,5,7-11,15,18,22H,4,6,12-14,16-17H2,1-2H3,(H,25,27). The van der Waals surface area contributed by atoms with Crippen molar-refractivity contribution in [3.8, 4) is 0 Å². The lowest BCUT2D eigenvalue weighted by Crippen LogP contribution is -2.47. The first-order chi connectivity index (χ1) is 13.1. The molecule has 1 saturated heterocycles. The molecule has 0 radical (unpaired) electrons. The van der Waals surface area contributed by atoms with Crippen LogP contribution in [-0.4, -0.2) is 34.9 Å². The van der Waals surface area contributed by atoms with Crippen LogP contribution in [0.3, 0.4) is 0 Å². The molecule has 1 aromatic heterocycles. The van der Waals surface area contributed by atoms with Crippen molar-refractivity contribution in [2.75, 3.05) is 13.1 Å². The molecule has 0 aliphatic carbocycles. The molecule has 1 aliphatic heterocycles. The number of aromatic nitrogens is 1. The summed E-state index contributed by atoms with van der Waals surface area (Å²) in [6.07, 6.45) is 7.22. The summed E-state index contributed by atoms with van der Waals surface area (Å²) in [5, 5.41) is 3.21. The van der Waals surface area contributed by atoms with E-state index in [9.17, 15) is 4.79 Å². The fourth-order valence-corrected chi connectivity index (χ4v) is 3.79. The Labute approximate surface area is 163 Å². The fourth-order valence-electron chi connectivity index (χ4n) is 3.79. The fraction of sp³-hybridized carbons (Fsp3) is 0.478. The summed E-state index contributed by atoms with van der Waals surface area (Å²) in [6.45, 7) is 7.49. The molecule has 0 spiro atoms. The van der Waals surface area contributed by atoms with Crippen LogP contribution in [0.15, 0.2) is 48.8 Å². The Morgan fingerprint density at radius 3 is 2.67 bits per heavy atom. The summed E-state index contributed by atoms with van der Waals surface area (Å²) < 4.78 is 0. The molecule has 27 heavy (non-hydrogen) atoms. The number of nitrogens with zero attached hydrogens (tertiary/aromatic N) is 2. The minimum Gasteiger partial charge on any atom is -0.352 e. The van der Waals surface area contributed by atoms with Crippen molar-refractivity contribution >= 4 is 5.91 Å². The number of nitrogens with one attached hydrogen (secondary N) is 1. The van der Waals surface area contributed by atoms with Crippen LogP contribution in [0.4, 0.5) is 0 Å². The van der Waals surface area contributed by atoms with E-state index in [0.29, 0.717) is 12.3 Å². The monoisotopic (exact) mass is 365 g/mol. The van der Waals surface area contributed by atoms with E-state index in [1.165, 1.54) is 11.1 Å². The second-order valence-corrected chi connectivity index (χ2v) is 8.09. The van der Waals surface area contributed by atoms with Crippen molar-refractivity contribution in [1.82, 2.24) is 15.2 Å². The first-order valence-electron chi connectivity index (χ1n) is 10.1. The minimum atomic E-state index is 0.0906. The SMILES string of the molecule is CC(C)Cc1ccc(CN2CCCC(NC(=O)Cc3cccnc3)C2)cc1. The second kappa shape index (κ2) is 9.65. The van der Waals surface area contributed by atoms with Gasteiger partial charge in [0.25, 0.3) is 0 Å². The van der Waals surface area contributed by atoms with Crippen LogP contribution in [0.2, 0.25) is 0 Å². The summed E-state index contributed by atoms with van der Waals surface area (Å²) in [5.41, 5.74) is 3.72. The van der Waals surface area contributed by atoms with Crippen LogP contribution in [0.25, 0.3) is 0 Å². The molecule has 1 atom stereocenters. The zero-order valence-electron chi connectivity index (χ0n) is 16.5. The van der Waals surface area contributed by atoms with E-state index in [4.69, 9.17) is 0 Å². The van der Waals surface area contributed by atoms with Crippen LogP contribution in [0, 0.1) is 5.92 Å². The second-order valence-electron chi connectivity index (χ2n) is 8.09. The summed E-state index contributed by atoms with van der Waals surface area (Å²) >= 11 is 0. The van der Waals surface area contributed by atoms with E-state index in [2.05, 4.69) is 53.3 Å². The van der Waals surface area contributed by atoms with Gasteiger partial charge in [-0.1, -0.05) is 44.2 Å². The van der Waals surface area contributed by atoms with Crippen molar-refractivity contribution in [3.05, 3.63) is 65.5 Å². The maximum absolute atomic E-state index is 12.3. The molecule has 4 nitrogen and oxygen atoms in total. The van der Waals surface area contributed by atoms with E-state index < -0.39 is 0 Å². The number of rotatable bonds is 7. The van der Waals surface area contributed by atoms with Gasteiger partial charge in [0.15, 0.2) is 0 Å². The zero-order chi connectivity index (χ0) is 19.1. The van der Waals surface area contributed by atoms with E-state index in [1.54, 1.807) is 12.4 Å². The minimum absolute atomic E-state index is 0.0906. The number of carbonyl (C=O) groups excluding carboxylic acids is 1. The number of benzene rings is 1. The summed E-state index contributed by atoms with van der Waals surface area (Å²) in [5.74, 6) is 0.780. The van der Waals surface area contributed by atoms with Crippen LogP contribution in [0.5, 0.6) is 0 Å².